The van der Waals surface area contributed by atoms with E-state index in [0.717, 1.165) is 17.4 Å². The lowest BCUT2D eigenvalue weighted by Gasteiger charge is -2.23. The normalized spacial score (nSPS) is 17.7. The van der Waals surface area contributed by atoms with Crippen LogP contribution >= 0.6 is 0 Å². The summed E-state index contributed by atoms with van der Waals surface area (Å²) >= 11 is 0. The zero-order valence-electron chi connectivity index (χ0n) is 19.2. The van der Waals surface area contributed by atoms with Gasteiger partial charge in [0.2, 0.25) is 0 Å². The van der Waals surface area contributed by atoms with Crippen molar-refractivity contribution < 1.29 is 18.1 Å². The Morgan fingerprint density at radius 2 is 2.12 bits per heavy atom. The van der Waals surface area contributed by atoms with Crippen LogP contribution in [-0.2, 0) is 14.4 Å². The Bertz CT molecular complexity index is 1380. The standard InChI is InChI=1S/C24H26FN5O3S/c1-15-9-17(30-34(4,31)24(2,3)13-26)11-20-22(15)23(28-14-27-20)29-19-6-5-16(25)10-21(19)33-18-7-8-32-12-18/h5-6,9-11,14,18H,4,7-8,12H2,1-3H3,(H,30,31)(H,27,28,29). The molecule has 178 valence electrons. The van der Waals surface area contributed by atoms with Gasteiger partial charge in [0.05, 0.1) is 40.2 Å². The number of nitrogens with zero attached hydrogens (tertiary/aromatic N) is 3. The molecular weight excluding hydrogens is 457 g/mol. The van der Waals surface area contributed by atoms with E-state index in [1.807, 2.05) is 13.0 Å². The van der Waals surface area contributed by atoms with Crippen molar-refractivity contribution >= 4 is 43.7 Å². The molecule has 1 aliphatic heterocycles. The Balaban J connectivity index is 1.69. The Hall–Kier alpha value is -3.42. The van der Waals surface area contributed by atoms with Crippen LogP contribution in [0.2, 0.25) is 0 Å². The molecule has 0 spiro atoms. The summed E-state index contributed by atoms with van der Waals surface area (Å²) < 4.78 is 40.0. The number of aryl methyl sites for hydroxylation is 1. The highest BCUT2D eigenvalue weighted by atomic mass is 32.2. The number of hydrogen-bond acceptors (Lipinski definition) is 7. The zero-order valence-corrected chi connectivity index (χ0v) is 20.0. The number of hydrogen-bond donors (Lipinski definition) is 2. The molecule has 0 saturated carbocycles. The summed E-state index contributed by atoms with van der Waals surface area (Å²) in [5.74, 6) is 4.22. The predicted molar refractivity (Wildman–Crippen MR) is 132 cm³/mol. The highest BCUT2D eigenvalue weighted by Crippen LogP contribution is 2.34. The van der Waals surface area contributed by atoms with Gasteiger partial charge in [-0.1, -0.05) is 0 Å². The van der Waals surface area contributed by atoms with Gasteiger partial charge < -0.3 is 19.5 Å². The number of fused-ring (bicyclic) bond motifs is 1. The molecule has 2 aromatic carbocycles. The van der Waals surface area contributed by atoms with Crippen LogP contribution in [0.4, 0.5) is 21.6 Å². The molecule has 3 aromatic rings. The second-order valence-electron chi connectivity index (χ2n) is 8.68. The van der Waals surface area contributed by atoms with Gasteiger partial charge in [-0.15, -0.1) is 0 Å². The third kappa shape index (κ3) is 4.76. The van der Waals surface area contributed by atoms with E-state index in [1.54, 1.807) is 32.0 Å². The summed E-state index contributed by atoms with van der Waals surface area (Å²) in [5.41, 5.74) is 2.50. The van der Waals surface area contributed by atoms with Crippen LogP contribution in [0.3, 0.4) is 0 Å². The quantitative estimate of drug-likeness (QED) is 0.481. The summed E-state index contributed by atoms with van der Waals surface area (Å²) in [7, 11) is -2.96. The number of anilines is 3. The van der Waals surface area contributed by atoms with Crippen molar-refractivity contribution in [1.82, 2.24) is 9.97 Å². The molecule has 10 heteroatoms. The third-order valence-corrected chi connectivity index (χ3v) is 8.00. The van der Waals surface area contributed by atoms with Gasteiger partial charge in [-0.05, 0) is 56.5 Å². The summed E-state index contributed by atoms with van der Waals surface area (Å²) in [6.07, 6.45) is 2.00. The number of rotatable bonds is 7. The number of nitriles is 1. The average Bonchev–Trinajstić information content (AvgIpc) is 3.28. The van der Waals surface area contributed by atoms with Gasteiger partial charge in [0, 0.05) is 23.6 Å². The van der Waals surface area contributed by atoms with E-state index in [0.29, 0.717) is 41.7 Å². The van der Waals surface area contributed by atoms with Crippen molar-refractivity contribution in [2.24, 2.45) is 0 Å². The number of benzene rings is 2. The molecule has 2 N–H and O–H groups in total. The summed E-state index contributed by atoms with van der Waals surface area (Å²) in [6.45, 7) is 6.10. The molecule has 8 nitrogen and oxygen atoms in total. The first-order valence-corrected chi connectivity index (χ1v) is 12.4. The van der Waals surface area contributed by atoms with E-state index < -0.39 is 20.3 Å². The SMILES string of the molecule is C=S(=O)(Nc1cc(C)c2c(Nc3ccc(F)cc3OC3CCOC3)ncnc2c1)C(C)(C)C#N. The number of nitrogens with one attached hydrogen (secondary N) is 2. The largest absolute Gasteiger partial charge is 0.486 e. The lowest BCUT2D eigenvalue weighted by atomic mass is 10.1. The van der Waals surface area contributed by atoms with Crippen molar-refractivity contribution in [3.05, 3.63) is 48.0 Å². The van der Waals surface area contributed by atoms with Crippen molar-refractivity contribution in [3.8, 4) is 11.8 Å². The van der Waals surface area contributed by atoms with Crippen molar-refractivity contribution in [2.75, 3.05) is 23.3 Å². The van der Waals surface area contributed by atoms with Crippen LogP contribution in [0, 0.1) is 24.1 Å². The second kappa shape index (κ2) is 9.08. The molecule has 4 rings (SSSR count). The molecule has 1 fully saturated rings. The summed E-state index contributed by atoms with van der Waals surface area (Å²) in [5, 5.41) is 13.3. The van der Waals surface area contributed by atoms with Crippen LogP contribution in [0.15, 0.2) is 36.7 Å². The highest BCUT2D eigenvalue weighted by Gasteiger charge is 2.29. The van der Waals surface area contributed by atoms with Gasteiger partial charge in [-0.2, -0.15) is 5.26 Å². The average molecular weight is 484 g/mol. The van der Waals surface area contributed by atoms with Crippen molar-refractivity contribution in [2.45, 2.75) is 38.0 Å². The molecule has 0 aliphatic carbocycles. The molecule has 1 aromatic heterocycles. The second-order valence-corrected chi connectivity index (χ2v) is 11.3. The zero-order chi connectivity index (χ0) is 24.5. The van der Waals surface area contributed by atoms with E-state index in [-0.39, 0.29) is 6.10 Å². The van der Waals surface area contributed by atoms with E-state index in [2.05, 4.69) is 25.9 Å². The minimum Gasteiger partial charge on any atom is -0.486 e. The summed E-state index contributed by atoms with van der Waals surface area (Å²) in [6, 6.07) is 9.85. The van der Waals surface area contributed by atoms with Crippen LogP contribution < -0.4 is 14.8 Å². The van der Waals surface area contributed by atoms with E-state index >= 15 is 0 Å². The monoisotopic (exact) mass is 483 g/mol. The third-order valence-electron chi connectivity index (χ3n) is 5.69. The maximum absolute atomic E-state index is 13.9. The lowest BCUT2D eigenvalue weighted by Crippen LogP contribution is -2.35. The Morgan fingerprint density at radius 3 is 2.82 bits per heavy atom. The number of ether oxygens (including phenoxy) is 2. The topological polar surface area (TPSA) is 109 Å². The highest BCUT2D eigenvalue weighted by molar-refractivity contribution is 8.02. The lowest BCUT2D eigenvalue weighted by molar-refractivity contribution is 0.141. The first-order chi connectivity index (χ1) is 16.1. The van der Waals surface area contributed by atoms with Crippen LogP contribution in [0.25, 0.3) is 10.9 Å². The van der Waals surface area contributed by atoms with Gasteiger partial charge in [0.1, 0.15) is 34.6 Å². The molecule has 1 aliphatic rings. The Kier molecular flexibility index (Phi) is 6.34. The van der Waals surface area contributed by atoms with E-state index in [4.69, 9.17) is 9.47 Å². The molecule has 1 saturated heterocycles. The smallest absolute Gasteiger partial charge is 0.146 e. The molecule has 2 atom stereocenters. The van der Waals surface area contributed by atoms with Crippen molar-refractivity contribution in [3.63, 3.8) is 0 Å². The molecule has 0 amide bonds. The first-order valence-electron chi connectivity index (χ1n) is 10.7. The van der Waals surface area contributed by atoms with Gasteiger partial charge in [0.15, 0.2) is 0 Å². The van der Waals surface area contributed by atoms with E-state index in [1.165, 1.54) is 18.5 Å². The summed E-state index contributed by atoms with van der Waals surface area (Å²) in [4.78, 5) is 8.75. The van der Waals surface area contributed by atoms with Gasteiger partial charge >= 0.3 is 0 Å². The molecule has 2 unspecified atom stereocenters. The molecule has 0 radical (unpaired) electrons. The fourth-order valence-corrected chi connectivity index (χ4v) is 4.45. The van der Waals surface area contributed by atoms with Gasteiger partial charge in [0.25, 0.3) is 0 Å². The molecular formula is C24H26FN5O3S. The maximum Gasteiger partial charge on any atom is 0.146 e. The van der Waals surface area contributed by atoms with Crippen LogP contribution in [0.1, 0.15) is 25.8 Å². The number of aromatic nitrogens is 2. The Morgan fingerprint density at radius 1 is 1.32 bits per heavy atom. The van der Waals surface area contributed by atoms with Crippen LogP contribution in [-0.4, -0.2) is 44.1 Å². The maximum atomic E-state index is 13.9. The minimum atomic E-state index is -2.96. The fourth-order valence-electron chi connectivity index (χ4n) is 3.55. The number of halogens is 1. The molecule has 34 heavy (non-hydrogen) atoms. The van der Waals surface area contributed by atoms with Gasteiger partial charge in [-0.25, -0.2) is 18.6 Å². The van der Waals surface area contributed by atoms with Crippen LogP contribution in [0.5, 0.6) is 5.75 Å². The van der Waals surface area contributed by atoms with E-state index in [9.17, 15) is 13.9 Å². The Labute approximate surface area is 198 Å². The predicted octanol–water partition coefficient (Wildman–Crippen LogP) is 4.33. The van der Waals surface area contributed by atoms with Crippen molar-refractivity contribution in [1.29, 1.82) is 5.26 Å². The first kappa shape index (κ1) is 23.7. The fraction of sp³-hybridized carbons (Fsp3) is 0.333. The van der Waals surface area contributed by atoms with Gasteiger partial charge in [-0.3, -0.25) is 0 Å². The molecule has 0 bridgehead atoms. The molecule has 2 heterocycles. The minimum absolute atomic E-state index is 0.143.